The van der Waals surface area contributed by atoms with Gasteiger partial charge in [0.05, 0.1) is 13.1 Å². The van der Waals surface area contributed by atoms with Gasteiger partial charge in [-0.2, -0.15) is 0 Å². The van der Waals surface area contributed by atoms with Crippen molar-refractivity contribution in [2.24, 2.45) is 5.92 Å². The van der Waals surface area contributed by atoms with Gasteiger partial charge in [-0.3, -0.25) is 0 Å². The maximum absolute atomic E-state index is 12.7. The Kier molecular flexibility index (Phi) is 3.87. The Balaban J connectivity index is 1.46. The predicted octanol–water partition coefficient (Wildman–Crippen LogP) is 0.425. The van der Waals surface area contributed by atoms with E-state index >= 15 is 0 Å². The number of hydrogen-bond donors (Lipinski definition) is 1. The van der Waals surface area contributed by atoms with Gasteiger partial charge in [0.2, 0.25) is 0 Å². The fourth-order valence-electron chi connectivity index (χ4n) is 3.09. The van der Waals surface area contributed by atoms with Crippen LogP contribution in [0.2, 0.25) is 0 Å². The van der Waals surface area contributed by atoms with Crippen molar-refractivity contribution >= 4 is 5.97 Å². The normalized spacial score (nSPS) is 28.1. The van der Waals surface area contributed by atoms with E-state index in [4.69, 9.17) is 9.47 Å². The van der Waals surface area contributed by atoms with Crippen molar-refractivity contribution in [2.45, 2.75) is 18.9 Å². The van der Waals surface area contributed by atoms with E-state index < -0.39 is 0 Å². The lowest BCUT2D eigenvalue weighted by Crippen LogP contribution is -3.16. The monoisotopic (exact) mass is 280 g/mol. The predicted molar refractivity (Wildman–Crippen MR) is 70.1 cm³/mol. The largest absolute Gasteiger partial charge is 0.482 e. The number of rotatable bonds is 4. The van der Waals surface area contributed by atoms with Crippen molar-refractivity contribution in [3.63, 3.8) is 0 Å². The third-order valence-corrected chi connectivity index (χ3v) is 4.21. The summed E-state index contributed by atoms with van der Waals surface area (Å²) >= 11 is 0. The molecule has 0 saturated carbocycles. The molecule has 1 aromatic rings. The second-order valence-electron chi connectivity index (χ2n) is 5.56. The van der Waals surface area contributed by atoms with Crippen LogP contribution in [0.4, 0.5) is 4.39 Å². The Labute approximate surface area is 117 Å². The third-order valence-electron chi connectivity index (χ3n) is 4.21. The summed E-state index contributed by atoms with van der Waals surface area (Å²) in [7, 11) is 0. The molecule has 1 aromatic carbocycles. The molecule has 3 heterocycles. The Morgan fingerprint density at radius 2 is 1.95 bits per heavy atom. The van der Waals surface area contributed by atoms with Crippen LogP contribution in [-0.4, -0.2) is 38.3 Å². The average molecular weight is 280 g/mol. The number of esters is 1. The first-order chi connectivity index (χ1) is 9.70. The number of halogens is 1. The lowest BCUT2D eigenvalue weighted by atomic mass is 9.86. The molecule has 0 amide bonds. The molecule has 0 radical (unpaired) electrons. The number of carbonyl (C=O) groups excluding carboxylic acids is 1. The number of quaternary nitrogens is 1. The highest BCUT2D eigenvalue weighted by molar-refractivity contribution is 5.71. The molecule has 5 heteroatoms. The number of nitrogens with one attached hydrogen (secondary N) is 1. The van der Waals surface area contributed by atoms with Crippen LogP contribution < -0.4 is 9.64 Å². The first-order valence-electron chi connectivity index (χ1n) is 7.12. The van der Waals surface area contributed by atoms with E-state index in [-0.39, 0.29) is 24.5 Å². The zero-order valence-corrected chi connectivity index (χ0v) is 11.3. The molecule has 4 nitrogen and oxygen atoms in total. The highest BCUT2D eigenvalue weighted by Gasteiger charge is 2.39. The Morgan fingerprint density at radius 1 is 1.25 bits per heavy atom. The van der Waals surface area contributed by atoms with E-state index in [0.29, 0.717) is 11.7 Å². The minimum absolute atomic E-state index is 0.0387. The highest BCUT2D eigenvalue weighted by atomic mass is 19.1. The summed E-state index contributed by atoms with van der Waals surface area (Å²) in [6, 6.07) is 5.61. The molecule has 0 unspecified atom stereocenters. The summed E-state index contributed by atoms with van der Waals surface area (Å²) in [6.45, 7) is 3.20. The molecule has 1 atom stereocenters. The quantitative estimate of drug-likeness (QED) is 0.813. The lowest BCUT2D eigenvalue weighted by molar-refractivity contribution is -0.920. The maximum atomic E-state index is 12.7. The number of piperidine rings is 3. The van der Waals surface area contributed by atoms with E-state index in [1.165, 1.54) is 42.3 Å². The van der Waals surface area contributed by atoms with E-state index in [9.17, 15) is 9.18 Å². The molecule has 0 aromatic heterocycles. The maximum Gasteiger partial charge on any atom is 0.344 e. The van der Waals surface area contributed by atoms with Gasteiger partial charge in [0.1, 0.15) is 18.1 Å². The van der Waals surface area contributed by atoms with E-state index in [1.807, 2.05) is 0 Å². The van der Waals surface area contributed by atoms with Crippen LogP contribution in [0.3, 0.4) is 0 Å². The molecule has 0 spiro atoms. The number of benzene rings is 1. The fourth-order valence-corrected chi connectivity index (χ4v) is 3.09. The van der Waals surface area contributed by atoms with Gasteiger partial charge in [0.15, 0.2) is 12.7 Å². The zero-order valence-electron chi connectivity index (χ0n) is 11.3. The number of fused-ring (bicyclic) bond motifs is 3. The van der Waals surface area contributed by atoms with Crippen molar-refractivity contribution in [3.05, 3.63) is 30.1 Å². The number of carbonyl (C=O) groups is 1. The molecule has 1 N–H and O–H groups in total. The molecule has 108 valence electrons. The zero-order chi connectivity index (χ0) is 13.9. The summed E-state index contributed by atoms with van der Waals surface area (Å²) in [5.41, 5.74) is 0. The van der Waals surface area contributed by atoms with Crippen LogP contribution in [0.5, 0.6) is 5.75 Å². The van der Waals surface area contributed by atoms with Crippen LogP contribution in [0.1, 0.15) is 12.8 Å². The standard InChI is InChI=1S/C15H18FNO3/c16-12-1-3-13(4-2-12)19-10-15(18)20-14-9-17-7-5-11(14)6-8-17/h1-4,11,14H,5-10H2/p+1/t14-/m1/s1. The first kappa shape index (κ1) is 13.4. The Hall–Kier alpha value is -1.62. The van der Waals surface area contributed by atoms with Crippen molar-refractivity contribution in [1.82, 2.24) is 0 Å². The Bertz CT molecular complexity index is 469. The fraction of sp³-hybridized carbons (Fsp3) is 0.533. The van der Waals surface area contributed by atoms with Gasteiger partial charge in [-0.1, -0.05) is 0 Å². The van der Waals surface area contributed by atoms with Gasteiger partial charge in [-0.25, -0.2) is 9.18 Å². The average Bonchev–Trinajstić information content (AvgIpc) is 2.48. The molecule has 2 bridgehead atoms. The minimum Gasteiger partial charge on any atom is -0.482 e. The molecule has 3 aliphatic heterocycles. The topological polar surface area (TPSA) is 40.0 Å². The van der Waals surface area contributed by atoms with E-state index in [2.05, 4.69) is 0 Å². The van der Waals surface area contributed by atoms with Crippen LogP contribution >= 0.6 is 0 Å². The molecule has 3 saturated heterocycles. The van der Waals surface area contributed by atoms with E-state index in [0.717, 1.165) is 19.4 Å². The molecular formula is C15H19FNO3+. The SMILES string of the molecule is O=C(COc1ccc(F)cc1)O[C@@H]1C[NH+]2CCC1CC2. The van der Waals surface area contributed by atoms with Crippen LogP contribution in [-0.2, 0) is 9.53 Å². The van der Waals surface area contributed by atoms with Gasteiger partial charge < -0.3 is 14.4 Å². The third kappa shape index (κ3) is 3.10. The van der Waals surface area contributed by atoms with Gasteiger partial charge in [-0.15, -0.1) is 0 Å². The molecular weight excluding hydrogens is 261 g/mol. The van der Waals surface area contributed by atoms with E-state index in [1.54, 1.807) is 0 Å². The summed E-state index contributed by atoms with van der Waals surface area (Å²) in [5.74, 6) is 0.327. The summed E-state index contributed by atoms with van der Waals surface area (Å²) < 4.78 is 23.5. The second-order valence-corrected chi connectivity index (χ2v) is 5.56. The van der Waals surface area contributed by atoms with Crippen molar-refractivity contribution < 1.29 is 23.6 Å². The molecule has 20 heavy (non-hydrogen) atoms. The molecule has 3 aliphatic rings. The lowest BCUT2D eigenvalue weighted by Gasteiger charge is -2.40. The van der Waals surface area contributed by atoms with Crippen LogP contribution in [0.15, 0.2) is 24.3 Å². The van der Waals surface area contributed by atoms with Crippen LogP contribution in [0, 0.1) is 11.7 Å². The van der Waals surface area contributed by atoms with Crippen LogP contribution in [0.25, 0.3) is 0 Å². The molecule has 4 rings (SSSR count). The summed E-state index contributed by atoms with van der Waals surface area (Å²) in [4.78, 5) is 13.3. The van der Waals surface area contributed by atoms with Gasteiger partial charge in [0.25, 0.3) is 0 Å². The Morgan fingerprint density at radius 3 is 2.55 bits per heavy atom. The summed E-state index contributed by atoms with van der Waals surface area (Å²) in [5, 5.41) is 0. The van der Waals surface area contributed by atoms with Crippen molar-refractivity contribution in [1.29, 1.82) is 0 Å². The van der Waals surface area contributed by atoms with Gasteiger partial charge >= 0.3 is 5.97 Å². The highest BCUT2D eigenvalue weighted by Crippen LogP contribution is 2.21. The van der Waals surface area contributed by atoms with Crippen molar-refractivity contribution in [3.8, 4) is 5.75 Å². The molecule has 3 fully saturated rings. The summed E-state index contributed by atoms with van der Waals surface area (Å²) in [6.07, 6.45) is 2.33. The van der Waals surface area contributed by atoms with Crippen molar-refractivity contribution in [2.75, 3.05) is 26.2 Å². The minimum atomic E-state index is -0.340. The van der Waals surface area contributed by atoms with Gasteiger partial charge in [-0.05, 0) is 24.3 Å². The number of hydrogen-bond acceptors (Lipinski definition) is 3. The number of ether oxygens (including phenoxy) is 2. The second kappa shape index (κ2) is 5.79. The first-order valence-corrected chi connectivity index (χ1v) is 7.12. The smallest absolute Gasteiger partial charge is 0.344 e. The molecule has 0 aliphatic carbocycles. The van der Waals surface area contributed by atoms with Gasteiger partial charge in [0, 0.05) is 18.8 Å².